The number of rotatable bonds is 1. The Bertz CT molecular complexity index is 1390. The predicted molar refractivity (Wildman–Crippen MR) is 151 cm³/mol. The fourth-order valence-corrected chi connectivity index (χ4v) is 11.4. The molecular formula is C34H48N3O2+. The van der Waals surface area contributed by atoms with Gasteiger partial charge in [-0.3, -0.25) is 4.79 Å². The number of imidazole rings is 1. The van der Waals surface area contributed by atoms with Crippen LogP contribution < -0.4 is 4.57 Å². The van der Waals surface area contributed by atoms with Crippen LogP contribution >= 0.6 is 0 Å². The number of aromatic nitrogens is 3. The number of nitrogens with zero attached hydrogens (tertiary/aromatic N) is 3. The molecule has 2 heterocycles. The minimum atomic E-state index is -0.0964. The molecule has 0 amide bonds. The normalized spacial score (nSPS) is 43.8. The number of aryl methyl sites for hydroxylation is 1. The molecule has 5 aliphatic carbocycles. The molecule has 39 heavy (non-hydrogen) atoms. The Kier molecular flexibility index (Phi) is 5.00. The number of fused-ring (bicyclic) bond motifs is 8. The van der Waals surface area contributed by atoms with Crippen LogP contribution in [0.1, 0.15) is 105 Å². The number of carbonyl (C=O) groups excluding carboxylic acids is 1. The highest BCUT2D eigenvalue weighted by molar-refractivity contribution is 5.95. The first-order valence-corrected chi connectivity index (χ1v) is 15.4. The second-order valence-electron chi connectivity index (χ2n) is 16.3. The zero-order valence-corrected chi connectivity index (χ0v) is 25.4. The highest BCUT2D eigenvalue weighted by atomic mass is 16.5. The van der Waals surface area contributed by atoms with Crippen LogP contribution in [0.3, 0.4) is 0 Å². The van der Waals surface area contributed by atoms with Gasteiger partial charge in [-0.05, 0) is 85.0 Å². The summed E-state index contributed by atoms with van der Waals surface area (Å²) in [5, 5.41) is 4.24. The van der Waals surface area contributed by atoms with Crippen molar-refractivity contribution in [2.45, 2.75) is 111 Å². The molecule has 3 saturated carbocycles. The summed E-state index contributed by atoms with van der Waals surface area (Å²) in [4.78, 5) is 14.7. The molecule has 0 saturated heterocycles. The number of hydrogen-bond donors (Lipinski definition) is 0. The largest absolute Gasteiger partial charge is 0.361 e. The number of ketones is 1. The third kappa shape index (κ3) is 3.06. The van der Waals surface area contributed by atoms with E-state index in [9.17, 15) is 4.79 Å². The van der Waals surface area contributed by atoms with Crippen LogP contribution in [0.5, 0.6) is 0 Å². The molecule has 0 aromatic carbocycles. The van der Waals surface area contributed by atoms with Gasteiger partial charge in [-0.2, -0.15) is 0 Å². The number of allylic oxidation sites excluding steroid dienone is 2. The van der Waals surface area contributed by atoms with Gasteiger partial charge in [0.1, 0.15) is 23.7 Å². The maximum absolute atomic E-state index is 14.7. The molecule has 5 aliphatic rings. The highest BCUT2D eigenvalue weighted by Gasteiger charge is 2.71. The van der Waals surface area contributed by atoms with E-state index in [2.05, 4.69) is 94.6 Å². The quantitative estimate of drug-likeness (QED) is 0.385. The van der Waals surface area contributed by atoms with E-state index in [-0.39, 0.29) is 38.5 Å². The maximum atomic E-state index is 14.7. The summed E-state index contributed by atoms with van der Waals surface area (Å²) in [6.07, 6.45) is 19.9. The van der Waals surface area contributed by atoms with Gasteiger partial charge in [-0.25, -0.2) is 9.13 Å². The van der Waals surface area contributed by atoms with Gasteiger partial charge in [0.25, 0.3) is 0 Å². The average Bonchev–Trinajstić information content (AvgIpc) is 3.50. The summed E-state index contributed by atoms with van der Waals surface area (Å²) in [6, 6.07) is 0. The Labute approximate surface area is 234 Å². The zero-order chi connectivity index (χ0) is 27.8. The Morgan fingerprint density at radius 1 is 1.03 bits per heavy atom. The molecule has 0 aliphatic heterocycles. The van der Waals surface area contributed by atoms with Crippen molar-refractivity contribution in [2.24, 2.45) is 46.5 Å². The van der Waals surface area contributed by atoms with Crippen LogP contribution in [-0.4, -0.2) is 15.5 Å². The van der Waals surface area contributed by atoms with E-state index < -0.39 is 0 Å². The van der Waals surface area contributed by atoms with Crippen molar-refractivity contribution in [1.82, 2.24) is 9.72 Å². The smallest absolute Gasteiger partial charge is 0.243 e. The lowest BCUT2D eigenvalue weighted by Gasteiger charge is -2.69. The summed E-state index contributed by atoms with van der Waals surface area (Å²) in [5.41, 5.74) is 2.77. The fourth-order valence-electron chi connectivity index (χ4n) is 11.4. The number of hydrogen-bond acceptors (Lipinski definition) is 3. The molecular weight excluding hydrogens is 482 g/mol. The van der Waals surface area contributed by atoms with Gasteiger partial charge in [-0.15, -0.1) is 0 Å². The molecule has 2 unspecified atom stereocenters. The maximum Gasteiger partial charge on any atom is 0.243 e. The van der Waals surface area contributed by atoms with Crippen LogP contribution in [0.15, 0.2) is 41.1 Å². The molecule has 2 aromatic heterocycles. The van der Waals surface area contributed by atoms with Crippen molar-refractivity contribution in [2.75, 3.05) is 0 Å². The molecule has 0 N–H and O–H groups in total. The molecule has 7 rings (SSSR count). The highest BCUT2D eigenvalue weighted by Crippen LogP contribution is 2.74. The fraction of sp³-hybridized carbons (Fsp3) is 0.735. The standard InChI is InChI=1S/C34H48N3O2/c1-29(2)11-13-34(37-16-15-36(8)21-37)14-12-33(7)27(23(34)19-29)24(38)17-26-31(5)18-22-20-35-39-28(22)30(3,4)25(31)9-10-32(26,33)6/h15-17,20-21,23,25,27H,9-14,18-19H2,1-8H3/q+1/t23?,25?,27-,31-,32+,33+,34-/m0/s1. The summed E-state index contributed by atoms with van der Waals surface area (Å²) in [6.45, 7) is 17.1. The van der Waals surface area contributed by atoms with E-state index in [0.29, 0.717) is 17.6 Å². The molecule has 7 atom stereocenters. The molecule has 5 heteroatoms. The molecule has 3 fully saturated rings. The third-order valence-electron chi connectivity index (χ3n) is 13.6. The van der Waals surface area contributed by atoms with Crippen LogP contribution in [0, 0.1) is 39.4 Å². The second kappa shape index (κ2) is 7.56. The Balaban J connectivity index is 1.39. The predicted octanol–water partition coefficient (Wildman–Crippen LogP) is 6.70. The first kappa shape index (κ1) is 25.8. The van der Waals surface area contributed by atoms with Crippen molar-refractivity contribution in [3.8, 4) is 0 Å². The topological polar surface area (TPSA) is 51.9 Å². The van der Waals surface area contributed by atoms with Gasteiger partial charge in [0, 0.05) is 22.8 Å². The average molecular weight is 531 g/mol. The molecule has 210 valence electrons. The lowest BCUT2D eigenvalue weighted by Crippen LogP contribution is -2.66. The van der Waals surface area contributed by atoms with E-state index in [0.717, 1.165) is 44.3 Å². The van der Waals surface area contributed by atoms with Crippen molar-refractivity contribution in [3.05, 3.63) is 47.9 Å². The minimum Gasteiger partial charge on any atom is -0.361 e. The lowest BCUT2D eigenvalue weighted by atomic mass is 9.34. The first-order chi connectivity index (χ1) is 18.2. The Morgan fingerprint density at radius 3 is 2.49 bits per heavy atom. The summed E-state index contributed by atoms with van der Waals surface area (Å²) >= 11 is 0. The summed E-state index contributed by atoms with van der Waals surface area (Å²) in [5.74, 6) is 2.33. The van der Waals surface area contributed by atoms with Crippen molar-refractivity contribution in [1.29, 1.82) is 0 Å². The molecule has 5 nitrogen and oxygen atoms in total. The van der Waals surface area contributed by atoms with Gasteiger partial charge in [0.2, 0.25) is 6.33 Å². The van der Waals surface area contributed by atoms with Gasteiger partial charge in [0.05, 0.1) is 13.2 Å². The molecule has 0 radical (unpaired) electrons. The van der Waals surface area contributed by atoms with Crippen LogP contribution in [0.2, 0.25) is 0 Å². The Hall–Kier alpha value is -2.17. The minimum absolute atomic E-state index is 0.0106. The van der Waals surface area contributed by atoms with Gasteiger partial charge in [-0.1, -0.05) is 59.2 Å². The molecule has 0 bridgehead atoms. The molecule has 2 aromatic rings. The van der Waals surface area contributed by atoms with Crippen molar-refractivity contribution < 1.29 is 13.9 Å². The van der Waals surface area contributed by atoms with E-state index in [4.69, 9.17) is 4.52 Å². The van der Waals surface area contributed by atoms with Gasteiger partial charge >= 0.3 is 0 Å². The Morgan fingerprint density at radius 2 is 1.77 bits per heavy atom. The second-order valence-corrected chi connectivity index (χ2v) is 16.3. The summed E-state index contributed by atoms with van der Waals surface area (Å²) < 4.78 is 10.5. The van der Waals surface area contributed by atoms with Crippen LogP contribution in [-0.2, 0) is 29.2 Å². The lowest BCUT2D eigenvalue weighted by molar-refractivity contribution is -0.671. The SMILES string of the molecule is C[n+]1ccn([C@]23CCC(C)(C)CC2[C@H]2C(=O)C=C4[C@@]5(C)Cc6cnoc6C(C)(C)C5CC[C@@]4(C)[C@]2(C)CC3)c1. The van der Waals surface area contributed by atoms with E-state index in [1.807, 2.05) is 6.20 Å². The first-order valence-electron chi connectivity index (χ1n) is 15.4. The van der Waals surface area contributed by atoms with E-state index in [1.54, 1.807) is 0 Å². The van der Waals surface area contributed by atoms with Gasteiger partial charge < -0.3 is 4.52 Å². The summed E-state index contributed by atoms with van der Waals surface area (Å²) in [7, 11) is 2.12. The third-order valence-corrected chi connectivity index (χ3v) is 13.6. The van der Waals surface area contributed by atoms with Crippen molar-refractivity contribution in [3.63, 3.8) is 0 Å². The number of carbonyl (C=O) groups is 1. The van der Waals surface area contributed by atoms with Gasteiger partial charge in [0.15, 0.2) is 5.78 Å². The molecule has 0 spiro atoms. The van der Waals surface area contributed by atoms with E-state index >= 15 is 0 Å². The zero-order valence-electron chi connectivity index (χ0n) is 25.4. The van der Waals surface area contributed by atoms with Crippen molar-refractivity contribution >= 4 is 5.78 Å². The monoisotopic (exact) mass is 530 g/mol. The van der Waals surface area contributed by atoms with E-state index in [1.165, 1.54) is 24.0 Å². The van der Waals surface area contributed by atoms with Crippen LogP contribution in [0.4, 0.5) is 0 Å². The van der Waals surface area contributed by atoms with Crippen LogP contribution in [0.25, 0.3) is 0 Å².